The predicted molar refractivity (Wildman–Crippen MR) is 56.0 cm³/mol. The molecule has 0 aromatic heterocycles. The molecule has 6 N–H and O–H groups in total. The molecule has 0 saturated carbocycles. The van der Waals surface area contributed by atoms with E-state index in [9.17, 15) is 18.0 Å². The third-order valence-corrected chi connectivity index (χ3v) is 2.42. The maximum atomic E-state index is 10.2. The van der Waals surface area contributed by atoms with Crippen LogP contribution in [0.15, 0.2) is 0 Å². The van der Waals surface area contributed by atoms with Crippen molar-refractivity contribution in [2.45, 2.75) is 24.7 Å². The van der Waals surface area contributed by atoms with Crippen molar-refractivity contribution in [2.24, 2.45) is 5.73 Å². The molecule has 0 radical (unpaired) electrons. The van der Waals surface area contributed by atoms with E-state index in [2.05, 4.69) is 0 Å². The topological polar surface area (TPSA) is 175 Å². The van der Waals surface area contributed by atoms with E-state index in [4.69, 9.17) is 25.6 Å². The van der Waals surface area contributed by atoms with Crippen LogP contribution in [0.4, 0.5) is 0 Å². The van der Waals surface area contributed by atoms with Crippen LogP contribution in [0.1, 0.15) is 13.3 Å². The van der Waals surface area contributed by atoms with Gasteiger partial charge in [0.15, 0.2) is 5.25 Å². The lowest BCUT2D eigenvalue weighted by Gasteiger charge is -2.04. The third kappa shape index (κ3) is 11.0. The number of carboxylic acids is 2. The van der Waals surface area contributed by atoms with Gasteiger partial charge in [0.25, 0.3) is 10.1 Å². The first-order valence-corrected chi connectivity index (χ1v) is 5.81. The van der Waals surface area contributed by atoms with Gasteiger partial charge in [0.05, 0.1) is 12.5 Å². The molecule has 0 aliphatic rings. The lowest BCUT2D eigenvalue weighted by atomic mass is 10.3. The molecule has 0 aromatic rings. The van der Waals surface area contributed by atoms with Gasteiger partial charge in [-0.1, -0.05) is 0 Å². The SMILES string of the molecule is CC(O)CN.O=C(O)CC(C(=O)O)S(=O)(=O)O. The van der Waals surface area contributed by atoms with E-state index in [1.54, 1.807) is 6.92 Å². The van der Waals surface area contributed by atoms with Gasteiger partial charge in [0.2, 0.25) is 0 Å². The van der Waals surface area contributed by atoms with E-state index < -0.39 is 33.7 Å². The van der Waals surface area contributed by atoms with E-state index in [0.717, 1.165) is 0 Å². The molecule has 2 atom stereocenters. The fourth-order valence-electron chi connectivity index (χ4n) is 0.479. The first-order chi connectivity index (χ1) is 7.52. The molecule has 0 aliphatic carbocycles. The Bertz CT molecular complexity index is 349. The van der Waals surface area contributed by atoms with E-state index in [1.165, 1.54) is 0 Å². The minimum atomic E-state index is -4.84. The van der Waals surface area contributed by atoms with E-state index in [-0.39, 0.29) is 6.10 Å². The summed E-state index contributed by atoms with van der Waals surface area (Å²) < 4.78 is 28.7. The molecule has 0 bridgehead atoms. The Morgan fingerprint density at radius 1 is 1.29 bits per heavy atom. The van der Waals surface area contributed by atoms with Gasteiger partial charge < -0.3 is 21.1 Å². The van der Waals surface area contributed by atoms with Crippen LogP contribution in [0.2, 0.25) is 0 Å². The number of carbonyl (C=O) groups is 2. The molecule has 17 heavy (non-hydrogen) atoms. The number of nitrogens with two attached hydrogens (primary N) is 1. The van der Waals surface area contributed by atoms with Gasteiger partial charge in [0, 0.05) is 6.54 Å². The van der Waals surface area contributed by atoms with Crippen molar-refractivity contribution in [1.29, 1.82) is 0 Å². The average Bonchev–Trinajstić information content (AvgIpc) is 2.12. The summed E-state index contributed by atoms with van der Waals surface area (Å²) in [7, 11) is -4.84. The molecule has 0 amide bonds. The van der Waals surface area contributed by atoms with Gasteiger partial charge in [-0.25, -0.2) is 0 Å². The van der Waals surface area contributed by atoms with Crippen molar-refractivity contribution in [3.05, 3.63) is 0 Å². The summed E-state index contributed by atoms with van der Waals surface area (Å²) >= 11 is 0. The fraction of sp³-hybridized carbons (Fsp3) is 0.714. The third-order valence-electron chi connectivity index (χ3n) is 1.34. The van der Waals surface area contributed by atoms with Crippen molar-refractivity contribution in [3.63, 3.8) is 0 Å². The van der Waals surface area contributed by atoms with E-state index in [0.29, 0.717) is 6.54 Å². The molecule has 10 heteroatoms. The number of hydrogen-bond acceptors (Lipinski definition) is 6. The van der Waals surface area contributed by atoms with Crippen LogP contribution in [0.3, 0.4) is 0 Å². The second kappa shape index (κ2) is 7.95. The van der Waals surface area contributed by atoms with E-state index in [1.807, 2.05) is 0 Å². The zero-order valence-electron chi connectivity index (χ0n) is 8.98. The van der Waals surface area contributed by atoms with Crippen LogP contribution >= 0.6 is 0 Å². The maximum Gasteiger partial charge on any atom is 0.325 e. The van der Waals surface area contributed by atoms with Gasteiger partial charge in [-0.3, -0.25) is 14.1 Å². The molecular formula is C7H15NO8S. The Kier molecular flexibility index (Phi) is 8.48. The summed E-state index contributed by atoms with van der Waals surface area (Å²) in [6.45, 7) is 2.01. The van der Waals surface area contributed by atoms with Crippen molar-refractivity contribution in [1.82, 2.24) is 0 Å². The minimum Gasteiger partial charge on any atom is -0.481 e. The fourth-order valence-corrected chi connectivity index (χ4v) is 1.09. The standard InChI is InChI=1S/C4H6O7S.C3H9NO/c5-3(6)1-2(4(7)8)12(9,10)11;1-3(5)2-4/h2H,1H2,(H,5,6)(H,7,8)(H,9,10,11);3,5H,2,4H2,1H3. The molecule has 2 unspecified atom stereocenters. The summed E-state index contributed by atoms with van der Waals surface area (Å²) in [6.07, 6.45) is -1.50. The molecule has 0 spiro atoms. The van der Waals surface area contributed by atoms with Crippen LogP contribution in [0.5, 0.6) is 0 Å². The molecule has 0 heterocycles. The Morgan fingerprint density at radius 2 is 1.65 bits per heavy atom. The molecule has 0 aliphatic heterocycles. The Balaban J connectivity index is 0. The summed E-state index contributed by atoms with van der Waals surface area (Å²) in [5.41, 5.74) is 4.92. The lowest BCUT2D eigenvalue weighted by molar-refractivity contribution is -0.143. The summed E-state index contributed by atoms with van der Waals surface area (Å²) in [5, 5.41) is 22.2. The van der Waals surface area contributed by atoms with Crippen LogP contribution in [0, 0.1) is 0 Å². The van der Waals surface area contributed by atoms with Gasteiger partial charge in [-0.15, -0.1) is 0 Å². The van der Waals surface area contributed by atoms with Gasteiger partial charge in [0.1, 0.15) is 0 Å². The molecule has 102 valence electrons. The number of hydrogen-bond donors (Lipinski definition) is 5. The number of aliphatic carboxylic acids is 2. The monoisotopic (exact) mass is 273 g/mol. The average molecular weight is 273 g/mol. The highest BCUT2D eigenvalue weighted by atomic mass is 32.2. The Hall–Kier alpha value is -1.23. The highest BCUT2D eigenvalue weighted by molar-refractivity contribution is 7.87. The minimum absolute atomic E-state index is 0.338. The summed E-state index contributed by atoms with van der Waals surface area (Å²) in [6, 6.07) is 0. The van der Waals surface area contributed by atoms with Crippen molar-refractivity contribution < 1.29 is 37.9 Å². The second-order valence-corrected chi connectivity index (χ2v) is 4.62. The number of aliphatic hydroxyl groups excluding tert-OH is 1. The zero-order chi connectivity index (χ0) is 14.2. The largest absolute Gasteiger partial charge is 0.481 e. The molecular weight excluding hydrogens is 258 g/mol. The quantitative estimate of drug-likeness (QED) is 0.359. The van der Waals surface area contributed by atoms with Crippen molar-refractivity contribution >= 4 is 22.1 Å². The van der Waals surface area contributed by atoms with Gasteiger partial charge in [-0.2, -0.15) is 8.42 Å². The smallest absolute Gasteiger partial charge is 0.325 e. The summed E-state index contributed by atoms with van der Waals surface area (Å²) in [5.74, 6) is -3.50. The molecule has 0 saturated heterocycles. The predicted octanol–water partition coefficient (Wildman–Crippen LogP) is -1.87. The summed E-state index contributed by atoms with van der Waals surface area (Å²) in [4.78, 5) is 20.0. The van der Waals surface area contributed by atoms with E-state index >= 15 is 0 Å². The Labute approximate surface area is 97.6 Å². The molecule has 0 aromatic carbocycles. The zero-order valence-corrected chi connectivity index (χ0v) is 9.79. The maximum absolute atomic E-state index is 10.2. The lowest BCUT2D eigenvalue weighted by Crippen LogP contribution is -2.31. The molecule has 9 nitrogen and oxygen atoms in total. The Morgan fingerprint density at radius 3 is 1.71 bits per heavy atom. The van der Waals surface area contributed by atoms with Crippen molar-refractivity contribution in [3.8, 4) is 0 Å². The van der Waals surface area contributed by atoms with Crippen molar-refractivity contribution in [2.75, 3.05) is 6.54 Å². The van der Waals surface area contributed by atoms with Gasteiger partial charge >= 0.3 is 11.9 Å². The van der Waals surface area contributed by atoms with Gasteiger partial charge in [-0.05, 0) is 6.92 Å². The molecule has 0 fully saturated rings. The van der Waals surface area contributed by atoms with Crippen LogP contribution < -0.4 is 5.73 Å². The normalized spacial score (nSPS) is 14.1. The first-order valence-electron chi connectivity index (χ1n) is 4.31. The second-order valence-electron chi connectivity index (χ2n) is 3.02. The number of aliphatic hydroxyl groups is 1. The first kappa shape index (κ1) is 18.1. The number of carboxylic acid groups (broad SMARTS) is 2. The molecule has 0 rings (SSSR count). The van der Waals surface area contributed by atoms with Crippen LogP contribution in [0.25, 0.3) is 0 Å². The number of rotatable bonds is 5. The highest BCUT2D eigenvalue weighted by Gasteiger charge is 2.33. The highest BCUT2D eigenvalue weighted by Crippen LogP contribution is 2.04. The van der Waals surface area contributed by atoms with Crippen LogP contribution in [-0.4, -0.2) is 58.1 Å². The van der Waals surface area contributed by atoms with Crippen LogP contribution in [-0.2, 0) is 19.7 Å².